The first kappa shape index (κ1) is 11.5. The van der Waals surface area contributed by atoms with E-state index in [2.05, 4.69) is 16.9 Å². The zero-order valence-corrected chi connectivity index (χ0v) is 14.4. The SMILES string of the molecule is COC(=O)CCc1cc[c]([Hg][Cl])s1. The number of rotatable bonds is 4. The Morgan fingerprint density at radius 2 is 2.46 bits per heavy atom. The fourth-order valence-corrected chi connectivity index (χ4v) is 7.64. The molecule has 0 amide bonds. The second kappa shape index (κ2) is 5.99. The molecule has 0 N–H and O–H groups in total. The molecule has 2 nitrogen and oxygen atoms in total. The number of carbonyl (C=O) groups is 1. The number of ether oxygens (including phenoxy) is 1. The number of halogens is 1. The van der Waals surface area contributed by atoms with Crippen LogP contribution in [-0.2, 0) is 39.3 Å². The fraction of sp³-hybridized carbons (Fsp3) is 0.375. The van der Waals surface area contributed by atoms with Crippen molar-refractivity contribution in [3.63, 3.8) is 0 Å². The molecule has 0 saturated carbocycles. The van der Waals surface area contributed by atoms with E-state index in [-0.39, 0.29) is 5.97 Å². The molecular weight excluding hydrogens is 396 g/mol. The maximum absolute atomic E-state index is 10.8. The van der Waals surface area contributed by atoms with E-state index in [9.17, 15) is 4.79 Å². The van der Waals surface area contributed by atoms with Gasteiger partial charge in [-0.1, -0.05) is 0 Å². The normalized spacial score (nSPS) is 9.38. The van der Waals surface area contributed by atoms with E-state index in [1.165, 1.54) is 14.4 Å². The van der Waals surface area contributed by atoms with E-state index in [4.69, 9.17) is 8.25 Å². The van der Waals surface area contributed by atoms with Gasteiger partial charge in [-0.25, -0.2) is 0 Å². The Hall–Kier alpha value is 0.395. The predicted octanol–water partition coefficient (Wildman–Crippen LogP) is 1.72. The Kier molecular flexibility index (Phi) is 5.28. The molecule has 0 fully saturated rings. The number of hydrogen-bond acceptors (Lipinski definition) is 3. The van der Waals surface area contributed by atoms with Crippen LogP contribution in [0.25, 0.3) is 0 Å². The van der Waals surface area contributed by atoms with Gasteiger partial charge in [-0.3, -0.25) is 0 Å². The van der Waals surface area contributed by atoms with Crippen molar-refractivity contribution < 1.29 is 32.9 Å². The number of carbonyl (C=O) groups excluding carboxylic acids is 1. The average Bonchev–Trinajstić information content (AvgIpc) is 2.61. The van der Waals surface area contributed by atoms with Gasteiger partial charge in [0.15, 0.2) is 0 Å². The van der Waals surface area contributed by atoms with Gasteiger partial charge in [-0.15, -0.1) is 0 Å². The van der Waals surface area contributed by atoms with Crippen molar-refractivity contribution in [2.45, 2.75) is 12.8 Å². The minimum atomic E-state index is -1.21. The summed E-state index contributed by atoms with van der Waals surface area (Å²) in [4.78, 5) is 12.1. The third kappa shape index (κ3) is 3.96. The first-order valence-corrected chi connectivity index (χ1v) is 14.3. The Balaban J connectivity index is 2.41. The van der Waals surface area contributed by atoms with Gasteiger partial charge in [0, 0.05) is 0 Å². The minimum absolute atomic E-state index is 0.148. The van der Waals surface area contributed by atoms with Gasteiger partial charge in [0.05, 0.1) is 0 Å². The molecule has 1 aromatic rings. The standard InChI is InChI=1S/C8H9O2S.ClH.Hg/c1-10-8(9)5-4-7-3-2-6-11-7;;/h2-3H,4-5H2,1H3;1H;/q;;+1/p-1. The second-order valence-electron chi connectivity index (χ2n) is 2.58. The quantitative estimate of drug-likeness (QED) is 0.564. The van der Waals surface area contributed by atoms with Gasteiger partial charge in [0.1, 0.15) is 0 Å². The van der Waals surface area contributed by atoms with E-state index >= 15 is 0 Å². The molecule has 1 heterocycles. The van der Waals surface area contributed by atoms with Gasteiger partial charge in [0.25, 0.3) is 0 Å². The van der Waals surface area contributed by atoms with Crippen LogP contribution < -0.4 is 2.39 Å². The fourth-order valence-electron chi connectivity index (χ4n) is 0.956. The summed E-state index contributed by atoms with van der Waals surface area (Å²) < 4.78 is 5.92. The van der Waals surface area contributed by atoms with Crippen LogP contribution >= 0.6 is 19.6 Å². The molecule has 0 aliphatic heterocycles. The molecular formula is C8H9ClHgO2S. The summed E-state index contributed by atoms with van der Waals surface area (Å²) in [5, 5.41) is 0. The van der Waals surface area contributed by atoms with Crippen LogP contribution in [0.4, 0.5) is 0 Å². The van der Waals surface area contributed by atoms with E-state index in [0.29, 0.717) is 6.42 Å². The van der Waals surface area contributed by atoms with E-state index in [0.717, 1.165) is 6.42 Å². The van der Waals surface area contributed by atoms with Crippen molar-refractivity contribution in [3.05, 3.63) is 17.0 Å². The summed E-state index contributed by atoms with van der Waals surface area (Å²) in [6, 6.07) is 4.15. The summed E-state index contributed by atoms with van der Waals surface area (Å²) >= 11 is 0.530. The molecule has 1 aromatic heterocycles. The number of hydrogen-bond donors (Lipinski definition) is 0. The average molecular weight is 405 g/mol. The van der Waals surface area contributed by atoms with E-state index in [1.807, 2.05) is 0 Å². The van der Waals surface area contributed by atoms with E-state index < -0.39 is 23.3 Å². The molecule has 0 bridgehead atoms. The summed E-state index contributed by atoms with van der Waals surface area (Å²) in [6.45, 7) is 0. The summed E-state index contributed by atoms with van der Waals surface area (Å²) in [5.41, 5.74) is 0. The van der Waals surface area contributed by atoms with Crippen molar-refractivity contribution in [2.75, 3.05) is 7.11 Å². The molecule has 0 spiro atoms. The van der Waals surface area contributed by atoms with Crippen molar-refractivity contribution in [3.8, 4) is 0 Å². The summed E-state index contributed by atoms with van der Waals surface area (Å²) in [6.07, 6.45) is 1.25. The van der Waals surface area contributed by atoms with Crippen molar-refractivity contribution in [2.24, 2.45) is 0 Å². The molecule has 0 radical (unpaired) electrons. The summed E-state index contributed by atoms with van der Waals surface area (Å²) in [7, 11) is 7.29. The second-order valence-corrected chi connectivity index (χ2v) is 12.2. The van der Waals surface area contributed by atoms with Gasteiger partial charge in [-0.05, 0) is 0 Å². The van der Waals surface area contributed by atoms with Crippen LogP contribution in [0, 0.1) is 0 Å². The molecule has 0 saturated heterocycles. The third-order valence-corrected chi connectivity index (χ3v) is 11.5. The van der Waals surface area contributed by atoms with Crippen LogP contribution in [0.2, 0.25) is 0 Å². The Labute approximate surface area is 97.1 Å². The van der Waals surface area contributed by atoms with Crippen LogP contribution in [0.1, 0.15) is 11.3 Å². The van der Waals surface area contributed by atoms with Crippen LogP contribution in [0.15, 0.2) is 12.1 Å². The molecule has 0 aliphatic carbocycles. The molecule has 0 atom stereocenters. The molecule has 5 heteroatoms. The molecule has 1 rings (SSSR count). The zero-order valence-electron chi connectivity index (χ0n) is 7.38. The monoisotopic (exact) mass is 406 g/mol. The zero-order chi connectivity index (χ0) is 9.68. The van der Waals surface area contributed by atoms with Gasteiger partial charge in [0.2, 0.25) is 0 Å². The third-order valence-electron chi connectivity index (χ3n) is 1.65. The maximum atomic E-state index is 10.8. The number of esters is 1. The Morgan fingerprint density at radius 3 is 3.00 bits per heavy atom. The topological polar surface area (TPSA) is 26.3 Å². The van der Waals surface area contributed by atoms with E-state index in [1.54, 1.807) is 11.3 Å². The first-order valence-electron chi connectivity index (χ1n) is 3.96. The first-order chi connectivity index (χ1) is 6.26. The predicted molar refractivity (Wildman–Crippen MR) is 50.1 cm³/mol. The molecule has 13 heavy (non-hydrogen) atoms. The van der Waals surface area contributed by atoms with Crippen molar-refractivity contribution in [1.29, 1.82) is 0 Å². The van der Waals surface area contributed by atoms with Gasteiger partial charge in [-0.2, -0.15) is 0 Å². The van der Waals surface area contributed by atoms with Crippen LogP contribution in [-0.4, -0.2) is 13.1 Å². The van der Waals surface area contributed by atoms with Crippen LogP contribution in [0.5, 0.6) is 0 Å². The number of aryl methyl sites for hydroxylation is 1. The van der Waals surface area contributed by atoms with Crippen molar-refractivity contribution >= 4 is 27.9 Å². The Bertz CT molecular complexity index is 287. The summed E-state index contributed by atoms with van der Waals surface area (Å²) in [5.74, 6) is -0.148. The van der Waals surface area contributed by atoms with Gasteiger partial charge >= 0.3 is 97.8 Å². The molecule has 68 valence electrons. The molecule has 0 aliphatic rings. The number of methoxy groups -OCH3 is 1. The van der Waals surface area contributed by atoms with Crippen LogP contribution in [0.3, 0.4) is 0 Å². The Morgan fingerprint density at radius 1 is 1.69 bits per heavy atom. The number of thiophene rings is 1. The van der Waals surface area contributed by atoms with Gasteiger partial charge < -0.3 is 0 Å². The molecule has 0 unspecified atom stereocenters. The molecule has 0 aromatic carbocycles. The van der Waals surface area contributed by atoms with Crippen molar-refractivity contribution in [1.82, 2.24) is 0 Å².